The van der Waals surface area contributed by atoms with Gasteiger partial charge in [-0.15, -0.1) is 0 Å². The Labute approximate surface area is 99.0 Å². The quantitative estimate of drug-likeness (QED) is 0.509. The summed E-state index contributed by atoms with van der Waals surface area (Å²) in [4.78, 5) is 23.0. The highest BCUT2D eigenvalue weighted by Crippen LogP contribution is 2.21. The second-order valence-corrected chi connectivity index (χ2v) is 5.59. The third-order valence-electron chi connectivity index (χ3n) is 2.84. The van der Waals surface area contributed by atoms with Gasteiger partial charge in [0.1, 0.15) is 11.6 Å². The van der Waals surface area contributed by atoms with Crippen molar-refractivity contribution in [3.8, 4) is 0 Å². The number of hydrogen-bond donors (Lipinski definition) is 0. The zero-order chi connectivity index (χ0) is 10.6. The van der Waals surface area contributed by atoms with E-state index in [-0.39, 0.29) is 9.84 Å². The molecule has 1 rings (SSSR count). The van der Waals surface area contributed by atoms with Crippen LogP contribution in [0.3, 0.4) is 0 Å². The van der Waals surface area contributed by atoms with Crippen LogP contribution in [-0.2, 0) is 9.59 Å². The Morgan fingerprint density at radius 2 is 1.71 bits per heavy atom. The van der Waals surface area contributed by atoms with Gasteiger partial charge in [0.15, 0.2) is 0 Å². The molecule has 0 heterocycles. The van der Waals surface area contributed by atoms with Gasteiger partial charge in [0.25, 0.3) is 0 Å². The SMILES string of the molecule is CC1CCCC(I)C(=O)CCCC1=O. The molecule has 3 heteroatoms. The van der Waals surface area contributed by atoms with Crippen molar-refractivity contribution in [3.63, 3.8) is 0 Å². The molecule has 14 heavy (non-hydrogen) atoms. The summed E-state index contributed by atoms with van der Waals surface area (Å²) < 4.78 is 0.174. The number of halogens is 1. The average molecular weight is 308 g/mol. The van der Waals surface area contributed by atoms with Gasteiger partial charge in [-0.2, -0.15) is 0 Å². The van der Waals surface area contributed by atoms with E-state index < -0.39 is 0 Å². The third-order valence-corrected chi connectivity index (χ3v) is 4.16. The third kappa shape index (κ3) is 3.67. The van der Waals surface area contributed by atoms with E-state index >= 15 is 0 Å². The van der Waals surface area contributed by atoms with Crippen molar-refractivity contribution in [2.45, 2.75) is 49.4 Å². The normalized spacial score (nSPS) is 31.6. The zero-order valence-electron chi connectivity index (χ0n) is 8.59. The molecule has 80 valence electrons. The zero-order valence-corrected chi connectivity index (χ0v) is 10.7. The molecule has 0 aromatic heterocycles. The number of hydrogen-bond acceptors (Lipinski definition) is 2. The number of rotatable bonds is 0. The fourth-order valence-electron chi connectivity index (χ4n) is 1.77. The highest BCUT2D eigenvalue weighted by molar-refractivity contribution is 14.1. The van der Waals surface area contributed by atoms with Gasteiger partial charge in [-0.25, -0.2) is 0 Å². The number of carbonyl (C=O) groups is 2. The summed E-state index contributed by atoms with van der Waals surface area (Å²) in [5.74, 6) is 0.865. The van der Waals surface area contributed by atoms with Crippen LogP contribution >= 0.6 is 22.6 Å². The van der Waals surface area contributed by atoms with Crippen molar-refractivity contribution >= 4 is 34.2 Å². The van der Waals surface area contributed by atoms with Gasteiger partial charge >= 0.3 is 0 Å². The molecule has 1 saturated carbocycles. The van der Waals surface area contributed by atoms with Crippen molar-refractivity contribution in [1.82, 2.24) is 0 Å². The molecule has 2 nitrogen and oxygen atoms in total. The maximum absolute atomic E-state index is 11.5. The predicted molar refractivity (Wildman–Crippen MR) is 64.7 cm³/mol. The molecule has 0 aromatic rings. The van der Waals surface area contributed by atoms with Gasteiger partial charge in [-0.05, 0) is 19.3 Å². The van der Waals surface area contributed by atoms with E-state index in [4.69, 9.17) is 0 Å². The first kappa shape index (κ1) is 12.1. The molecule has 0 N–H and O–H groups in total. The van der Waals surface area contributed by atoms with Crippen molar-refractivity contribution in [2.75, 3.05) is 0 Å². The first-order valence-corrected chi connectivity index (χ1v) is 6.55. The lowest BCUT2D eigenvalue weighted by molar-refractivity contribution is -0.123. The minimum Gasteiger partial charge on any atom is -0.299 e. The minimum atomic E-state index is 0.174. The van der Waals surface area contributed by atoms with Gasteiger partial charge in [0.05, 0.1) is 3.92 Å². The highest BCUT2D eigenvalue weighted by atomic mass is 127. The molecule has 0 aliphatic heterocycles. The van der Waals surface area contributed by atoms with Crippen LogP contribution in [0.15, 0.2) is 0 Å². The van der Waals surface area contributed by atoms with Crippen molar-refractivity contribution in [1.29, 1.82) is 0 Å². The Bertz CT molecular complexity index is 203. The van der Waals surface area contributed by atoms with E-state index in [0.29, 0.717) is 24.4 Å². The van der Waals surface area contributed by atoms with Crippen molar-refractivity contribution in [3.05, 3.63) is 0 Å². The molecule has 2 unspecified atom stereocenters. The van der Waals surface area contributed by atoms with Gasteiger partial charge < -0.3 is 0 Å². The van der Waals surface area contributed by atoms with Crippen LogP contribution < -0.4 is 0 Å². The second-order valence-electron chi connectivity index (χ2n) is 4.09. The van der Waals surface area contributed by atoms with Gasteiger partial charge in [-0.3, -0.25) is 9.59 Å². The highest BCUT2D eigenvalue weighted by Gasteiger charge is 2.19. The van der Waals surface area contributed by atoms with Crippen LogP contribution in [0, 0.1) is 5.92 Å². The lowest BCUT2D eigenvalue weighted by Crippen LogP contribution is -2.18. The molecule has 0 bridgehead atoms. The molecule has 0 saturated heterocycles. The van der Waals surface area contributed by atoms with E-state index in [0.717, 1.165) is 25.7 Å². The molecule has 0 aromatic carbocycles. The summed E-state index contributed by atoms with van der Waals surface area (Å²) in [6.45, 7) is 2.01. The van der Waals surface area contributed by atoms with E-state index in [9.17, 15) is 9.59 Å². The Balaban J connectivity index is 2.51. The number of Topliss-reactive ketones (excluding diaryl/α,β-unsaturated/α-hetero) is 2. The molecular formula is C11H17IO2. The fourth-order valence-corrected chi connectivity index (χ4v) is 2.52. The standard InChI is InChI=1S/C11H17IO2/c1-8-4-2-5-9(12)11(14)7-3-6-10(8)13/h8-9H,2-7H2,1H3. The summed E-state index contributed by atoms with van der Waals surface area (Å²) in [7, 11) is 0. The van der Waals surface area contributed by atoms with Crippen LogP contribution in [0.4, 0.5) is 0 Å². The van der Waals surface area contributed by atoms with Crippen LogP contribution in [0.1, 0.15) is 45.4 Å². The van der Waals surface area contributed by atoms with E-state index in [1.54, 1.807) is 0 Å². The summed E-state index contributed by atoms with van der Waals surface area (Å²) in [5.41, 5.74) is 0. The second kappa shape index (κ2) is 5.83. The van der Waals surface area contributed by atoms with E-state index in [1.165, 1.54) is 0 Å². The molecule has 1 aliphatic carbocycles. The first-order valence-electron chi connectivity index (χ1n) is 5.30. The van der Waals surface area contributed by atoms with Crippen LogP contribution in [0.5, 0.6) is 0 Å². The molecule has 0 spiro atoms. The number of carbonyl (C=O) groups excluding carboxylic acids is 2. The molecular weight excluding hydrogens is 291 g/mol. The lowest BCUT2D eigenvalue weighted by Gasteiger charge is -2.15. The molecule has 1 aliphatic rings. The van der Waals surface area contributed by atoms with E-state index in [2.05, 4.69) is 22.6 Å². The fraction of sp³-hybridized carbons (Fsp3) is 0.818. The molecule has 1 fully saturated rings. The lowest BCUT2D eigenvalue weighted by atomic mass is 9.92. The summed E-state index contributed by atoms with van der Waals surface area (Å²) in [5, 5.41) is 0. The Hall–Kier alpha value is 0.0700. The summed E-state index contributed by atoms with van der Waals surface area (Å²) in [6, 6.07) is 0. The average Bonchev–Trinajstić information content (AvgIpc) is 2.15. The van der Waals surface area contributed by atoms with Gasteiger partial charge in [-0.1, -0.05) is 35.9 Å². The minimum absolute atomic E-state index is 0.174. The Kier molecular flexibility index (Phi) is 5.06. The topological polar surface area (TPSA) is 34.1 Å². The van der Waals surface area contributed by atoms with Gasteiger partial charge in [0, 0.05) is 18.8 Å². The van der Waals surface area contributed by atoms with Crippen molar-refractivity contribution < 1.29 is 9.59 Å². The van der Waals surface area contributed by atoms with E-state index in [1.807, 2.05) is 6.92 Å². The number of alkyl halides is 1. The smallest absolute Gasteiger partial charge is 0.145 e. The maximum Gasteiger partial charge on any atom is 0.145 e. The summed E-state index contributed by atoms with van der Waals surface area (Å²) in [6.07, 6.45) is 4.83. The summed E-state index contributed by atoms with van der Waals surface area (Å²) >= 11 is 2.23. The van der Waals surface area contributed by atoms with Gasteiger partial charge in [0.2, 0.25) is 0 Å². The molecule has 2 atom stereocenters. The Morgan fingerprint density at radius 1 is 1.07 bits per heavy atom. The van der Waals surface area contributed by atoms with Crippen molar-refractivity contribution in [2.24, 2.45) is 5.92 Å². The van der Waals surface area contributed by atoms with Crippen LogP contribution in [0.25, 0.3) is 0 Å². The van der Waals surface area contributed by atoms with Crippen LogP contribution in [-0.4, -0.2) is 15.5 Å². The Morgan fingerprint density at radius 3 is 2.43 bits per heavy atom. The first-order chi connectivity index (χ1) is 6.61. The predicted octanol–water partition coefficient (Wildman–Crippen LogP) is 2.92. The largest absolute Gasteiger partial charge is 0.299 e. The maximum atomic E-state index is 11.5. The number of ketones is 2. The monoisotopic (exact) mass is 308 g/mol. The van der Waals surface area contributed by atoms with Crippen LogP contribution in [0.2, 0.25) is 0 Å². The molecule has 0 radical (unpaired) electrons. The molecule has 0 amide bonds.